The van der Waals surface area contributed by atoms with Crippen molar-refractivity contribution in [3.63, 3.8) is 0 Å². The van der Waals surface area contributed by atoms with Crippen molar-refractivity contribution in [2.24, 2.45) is 0 Å². The molecule has 0 aliphatic carbocycles. The second kappa shape index (κ2) is 9.84. The van der Waals surface area contributed by atoms with Gasteiger partial charge in [-0.15, -0.1) is 0 Å². The molecule has 0 aromatic heterocycles. The van der Waals surface area contributed by atoms with Crippen LogP contribution < -0.4 is 33.3 Å². The van der Waals surface area contributed by atoms with Gasteiger partial charge in [-0.25, -0.2) is 0 Å². The first-order chi connectivity index (χ1) is 15.0. The monoisotopic (exact) mass is 425 g/mol. The van der Waals surface area contributed by atoms with Gasteiger partial charge in [0.1, 0.15) is 34.5 Å². The molecular formula is C24H27NO6. The summed E-state index contributed by atoms with van der Waals surface area (Å²) in [5.41, 5.74) is 2.42. The Bertz CT molecular complexity index is 838. The highest BCUT2D eigenvalue weighted by molar-refractivity contribution is 5.80. The molecule has 0 N–H and O–H groups in total. The van der Waals surface area contributed by atoms with Crippen LogP contribution in [0.1, 0.15) is 0 Å². The first-order valence-corrected chi connectivity index (χ1v) is 9.54. The lowest BCUT2D eigenvalue weighted by Gasteiger charge is -2.27. The van der Waals surface area contributed by atoms with Crippen LogP contribution in [0.25, 0.3) is 0 Å². The molecule has 164 valence electrons. The van der Waals surface area contributed by atoms with Crippen LogP contribution >= 0.6 is 0 Å². The molecule has 0 atom stereocenters. The van der Waals surface area contributed by atoms with E-state index in [1.165, 1.54) is 0 Å². The molecule has 0 saturated carbocycles. The molecule has 0 heterocycles. The zero-order valence-electron chi connectivity index (χ0n) is 18.6. The first-order valence-electron chi connectivity index (χ1n) is 9.54. The standard InChI is InChI=1S/C24H27NO6/c1-26-19-7-16(8-20(13-19)27-2)25(17-9-21(28-3)14-22(10-17)29-4)18-11-23(30-5)15-24(12-18)31-6/h7-15H,1-6H3. The molecule has 3 aromatic rings. The second-order valence-electron chi connectivity index (χ2n) is 6.55. The van der Waals surface area contributed by atoms with Crippen LogP contribution in [0, 0.1) is 0 Å². The lowest BCUT2D eigenvalue weighted by atomic mass is 10.1. The van der Waals surface area contributed by atoms with Crippen molar-refractivity contribution >= 4 is 17.1 Å². The minimum absolute atomic E-state index is 0.657. The summed E-state index contributed by atoms with van der Waals surface area (Å²) < 4.78 is 33.0. The summed E-state index contributed by atoms with van der Waals surface area (Å²) in [6.45, 7) is 0. The molecular weight excluding hydrogens is 398 g/mol. The van der Waals surface area contributed by atoms with Crippen molar-refractivity contribution in [2.75, 3.05) is 47.6 Å². The maximum Gasteiger partial charge on any atom is 0.124 e. The summed E-state index contributed by atoms with van der Waals surface area (Å²) in [6, 6.07) is 17.0. The fourth-order valence-corrected chi connectivity index (χ4v) is 3.21. The SMILES string of the molecule is COc1cc(OC)cc(N(c2cc(OC)cc(OC)c2)c2cc(OC)cc(OC)c2)c1. The third-order valence-electron chi connectivity index (χ3n) is 4.78. The summed E-state index contributed by atoms with van der Waals surface area (Å²) in [4.78, 5) is 2.02. The maximum atomic E-state index is 5.49. The Balaban J connectivity index is 2.30. The summed E-state index contributed by atoms with van der Waals surface area (Å²) >= 11 is 0. The molecule has 3 aromatic carbocycles. The van der Waals surface area contributed by atoms with Crippen LogP contribution in [0.4, 0.5) is 17.1 Å². The van der Waals surface area contributed by atoms with E-state index in [9.17, 15) is 0 Å². The van der Waals surface area contributed by atoms with Crippen LogP contribution in [0.2, 0.25) is 0 Å². The lowest BCUT2D eigenvalue weighted by molar-refractivity contribution is 0.394. The van der Waals surface area contributed by atoms with Crippen LogP contribution in [0.5, 0.6) is 34.5 Å². The molecule has 0 saturated heterocycles. The molecule has 7 heteroatoms. The number of rotatable bonds is 9. The number of anilines is 3. The van der Waals surface area contributed by atoms with Gasteiger partial charge >= 0.3 is 0 Å². The number of benzene rings is 3. The van der Waals surface area contributed by atoms with E-state index in [1.54, 1.807) is 42.7 Å². The van der Waals surface area contributed by atoms with Gasteiger partial charge in [0.2, 0.25) is 0 Å². The Hall–Kier alpha value is -3.74. The molecule has 0 unspecified atom stereocenters. The number of nitrogens with zero attached hydrogens (tertiary/aromatic N) is 1. The summed E-state index contributed by atoms with van der Waals surface area (Å²) in [7, 11) is 9.70. The Morgan fingerprint density at radius 1 is 0.355 bits per heavy atom. The maximum absolute atomic E-state index is 5.49. The minimum Gasteiger partial charge on any atom is -0.497 e. The third kappa shape index (κ3) is 4.88. The molecule has 0 radical (unpaired) electrons. The molecule has 0 bridgehead atoms. The topological polar surface area (TPSA) is 58.6 Å². The Kier molecular flexibility index (Phi) is 6.97. The van der Waals surface area contributed by atoms with E-state index in [0.717, 1.165) is 17.1 Å². The van der Waals surface area contributed by atoms with Gasteiger partial charge in [0.25, 0.3) is 0 Å². The fourth-order valence-electron chi connectivity index (χ4n) is 3.21. The van der Waals surface area contributed by atoms with Crippen molar-refractivity contribution in [3.05, 3.63) is 54.6 Å². The van der Waals surface area contributed by atoms with Gasteiger partial charge in [0.15, 0.2) is 0 Å². The van der Waals surface area contributed by atoms with Crippen LogP contribution in [-0.4, -0.2) is 42.7 Å². The fraction of sp³-hybridized carbons (Fsp3) is 0.250. The predicted molar refractivity (Wildman–Crippen MR) is 120 cm³/mol. The second-order valence-corrected chi connectivity index (χ2v) is 6.55. The van der Waals surface area contributed by atoms with E-state index < -0.39 is 0 Å². The normalized spacial score (nSPS) is 10.3. The molecule has 0 aliphatic rings. The first kappa shape index (κ1) is 22.0. The highest BCUT2D eigenvalue weighted by atomic mass is 16.5. The quantitative estimate of drug-likeness (QED) is 0.466. The van der Waals surface area contributed by atoms with Crippen LogP contribution in [-0.2, 0) is 0 Å². The average molecular weight is 425 g/mol. The van der Waals surface area contributed by atoms with Crippen molar-refractivity contribution in [2.45, 2.75) is 0 Å². The third-order valence-corrected chi connectivity index (χ3v) is 4.78. The van der Waals surface area contributed by atoms with Gasteiger partial charge in [0, 0.05) is 54.6 Å². The van der Waals surface area contributed by atoms with E-state index in [1.807, 2.05) is 59.5 Å². The molecule has 0 spiro atoms. The molecule has 7 nitrogen and oxygen atoms in total. The van der Waals surface area contributed by atoms with E-state index in [2.05, 4.69) is 0 Å². The van der Waals surface area contributed by atoms with E-state index >= 15 is 0 Å². The van der Waals surface area contributed by atoms with Crippen molar-refractivity contribution in [3.8, 4) is 34.5 Å². The van der Waals surface area contributed by atoms with Gasteiger partial charge in [-0.05, 0) is 0 Å². The van der Waals surface area contributed by atoms with Gasteiger partial charge in [-0.3, -0.25) is 0 Å². The largest absolute Gasteiger partial charge is 0.497 e. The zero-order valence-corrected chi connectivity index (χ0v) is 18.6. The smallest absolute Gasteiger partial charge is 0.124 e. The molecule has 31 heavy (non-hydrogen) atoms. The zero-order chi connectivity index (χ0) is 22.4. The molecule has 0 fully saturated rings. The Morgan fingerprint density at radius 3 is 0.710 bits per heavy atom. The number of hydrogen-bond acceptors (Lipinski definition) is 7. The minimum atomic E-state index is 0.657. The number of methoxy groups -OCH3 is 6. The summed E-state index contributed by atoms with van der Waals surface area (Å²) in [5, 5.41) is 0. The van der Waals surface area contributed by atoms with Gasteiger partial charge in [-0.1, -0.05) is 0 Å². The van der Waals surface area contributed by atoms with E-state index in [0.29, 0.717) is 34.5 Å². The molecule has 0 aliphatic heterocycles. The molecule has 3 rings (SSSR count). The molecule has 0 amide bonds. The van der Waals surface area contributed by atoms with E-state index in [-0.39, 0.29) is 0 Å². The van der Waals surface area contributed by atoms with Gasteiger partial charge in [0.05, 0.1) is 59.7 Å². The van der Waals surface area contributed by atoms with Crippen LogP contribution in [0.3, 0.4) is 0 Å². The number of hydrogen-bond donors (Lipinski definition) is 0. The Labute approximate surface area is 182 Å². The summed E-state index contributed by atoms with van der Waals surface area (Å²) in [6.07, 6.45) is 0. The Morgan fingerprint density at radius 2 is 0.548 bits per heavy atom. The van der Waals surface area contributed by atoms with Gasteiger partial charge < -0.3 is 33.3 Å². The van der Waals surface area contributed by atoms with Crippen molar-refractivity contribution in [1.29, 1.82) is 0 Å². The van der Waals surface area contributed by atoms with E-state index in [4.69, 9.17) is 28.4 Å². The highest BCUT2D eigenvalue weighted by Crippen LogP contribution is 2.43. The highest BCUT2D eigenvalue weighted by Gasteiger charge is 2.19. The summed E-state index contributed by atoms with van der Waals surface area (Å²) in [5.74, 6) is 3.94. The van der Waals surface area contributed by atoms with Crippen LogP contribution in [0.15, 0.2) is 54.6 Å². The average Bonchev–Trinajstić information content (AvgIpc) is 2.83. The van der Waals surface area contributed by atoms with Gasteiger partial charge in [-0.2, -0.15) is 0 Å². The van der Waals surface area contributed by atoms with Crippen molar-refractivity contribution < 1.29 is 28.4 Å². The lowest BCUT2D eigenvalue weighted by Crippen LogP contribution is -2.11. The van der Waals surface area contributed by atoms with Crippen molar-refractivity contribution in [1.82, 2.24) is 0 Å². The predicted octanol–water partition coefficient (Wildman–Crippen LogP) is 5.21. The number of ether oxygens (including phenoxy) is 6.